The van der Waals surface area contributed by atoms with Crippen LogP contribution in [0.5, 0.6) is 0 Å². The van der Waals surface area contributed by atoms with E-state index in [1.807, 2.05) is 12.3 Å². The second-order valence-corrected chi connectivity index (χ2v) is 5.69. The first-order valence-corrected chi connectivity index (χ1v) is 6.27. The number of carbonyl (C=O) groups excluding carboxylic acids is 1. The summed E-state index contributed by atoms with van der Waals surface area (Å²) in [5.41, 5.74) is 0.0995. The van der Waals surface area contributed by atoms with Gasteiger partial charge in [-0.1, -0.05) is 0 Å². The highest BCUT2D eigenvalue weighted by atomic mass is 32.1. The second kappa shape index (κ2) is 5.57. The fourth-order valence-electron chi connectivity index (χ4n) is 1.53. The Morgan fingerprint density at radius 3 is 2.76 bits per heavy atom. The summed E-state index contributed by atoms with van der Waals surface area (Å²) in [4.78, 5) is 17.6. The molecule has 0 unspecified atom stereocenters. The van der Waals surface area contributed by atoms with Gasteiger partial charge in [-0.2, -0.15) is 0 Å². The van der Waals surface area contributed by atoms with E-state index in [1.165, 1.54) is 11.3 Å². The van der Waals surface area contributed by atoms with Gasteiger partial charge in [0.25, 0.3) is 0 Å². The number of aryl methyl sites for hydroxylation is 1. The average molecular weight is 257 g/mol. The third-order valence-electron chi connectivity index (χ3n) is 1.94. The summed E-state index contributed by atoms with van der Waals surface area (Å²) in [7, 11) is 1.80. The number of nitrogens with zero attached hydrogens (tertiary/aromatic N) is 2. The Kier molecular flexibility index (Phi) is 4.62. The highest BCUT2D eigenvalue weighted by Gasteiger charge is 2.17. The first-order chi connectivity index (χ1) is 7.76. The van der Waals surface area contributed by atoms with Crippen LogP contribution in [0.2, 0.25) is 0 Å². The lowest BCUT2D eigenvalue weighted by molar-refractivity contribution is -0.117. The van der Waals surface area contributed by atoms with Crippen LogP contribution in [0.4, 0.5) is 5.13 Å². The summed E-state index contributed by atoms with van der Waals surface area (Å²) < 4.78 is 0. The van der Waals surface area contributed by atoms with Gasteiger partial charge in [0.15, 0.2) is 5.13 Å². The molecule has 1 aromatic heterocycles. The zero-order valence-corrected chi connectivity index (χ0v) is 11.5. The Morgan fingerprint density at radius 2 is 2.29 bits per heavy atom. The highest BCUT2D eigenvalue weighted by molar-refractivity contribution is 7.13. The molecule has 17 heavy (non-hydrogen) atoms. The molecule has 0 radical (unpaired) electrons. The molecule has 5 nitrogen and oxygen atoms in total. The quantitative estimate of drug-likeness (QED) is 0.829. The van der Waals surface area contributed by atoms with E-state index in [4.69, 9.17) is 0 Å². The van der Waals surface area contributed by atoms with E-state index in [-0.39, 0.29) is 12.5 Å². The van der Waals surface area contributed by atoms with Gasteiger partial charge in [0, 0.05) is 11.9 Å². The largest absolute Gasteiger partial charge is 0.389 e. The van der Waals surface area contributed by atoms with E-state index in [1.54, 1.807) is 25.8 Å². The van der Waals surface area contributed by atoms with Gasteiger partial charge >= 0.3 is 0 Å². The van der Waals surface area contributed by atoms with Gasteiger partial charge in [-0.3, -0.25) is 9.69 Å². The van der Waals surface area contributed by atoms with Crippen LogP contribution < -0.4 is 5.32 Å². The topological polar surface area (TPSA) is 65.5 Å². The summed E-state index contributed by atoms with van der Waals surface area (Å²) >= 11 is 1.41. The van der Waals surface area contributed by atoms with E-state index in [2.05, 4.69) is 10.3 Å². The molecule has 0 atom stereocenters. The van der Waals surface area contributed by atoms with Crippen molar-refractivity contribution >= 4 is 22.4 Å². The number of hydrogen-bond donors (Lipinski definition) is 2. The summed E-state index contributed by atoms with van der Waals surface area (Å²) in [6.07, 6.45) is 0. The molecule has 0 aromatic carbocycles. The zero-order chi connectivity index (χ0) is 13.1. The molecule has 0 spiro atoms. The van der Waals surface area contributed by atoms with Crippen LogP contribution in [0.1, 0.15) is 19.5 Å². The third-order valence-corrected chi connectivity index (χ3v) is 2.81. The van der Waals surface area contributed by atoms with Crippen LogP contribution in [0, 0.1) is 6.92 Å². The van der Waals surface area contributed by atoms with Crippen molar-refractivity contribution in [3.63, 3.8) is 0 Å². The Morgan fingerprint density at radius 1 is 1.65 bits per heavy atom. The van der Waals surface area contributed by atoms with Gasteiger partial charge < -0.3 is 10.4 Å². The molecular formula is C11H19N3O2S. The van der Waals surface area contributed by atoms with Crippen LogP contribution >= 0.6 is 11.3 Å². The summed E-state index contributed by atoms with van der Waals surface area (Å²) in [5.74, 6) is -0.119. The van der Waals surface area contributed by atoms with Crippen molar-refractivity contribution in [3.8, 4) is 0 Å². The number of nitrogens with one attached hydrogen (secondary N) is 1. The molecular weight excluding hydrogens is 238 g/mol. The van der Waals surface area contributed by atoms with Crippen molar-refractivity contribution in [2.24, 2.45) is 0 Å². The van der Waals surface area contributed by atoms with E-state index in [9.17, 15) is 9.90 Å². The number of hydrogen-bond acceptors (Lipinski definition) is 5. The molecule has 0 aliphatic heterocycles. The molecule has 1 heterocycles. The van der Waals surface area contributed by atoms with Crippen LogP contribution in [0.3, 0.4) is 0 Å². The fourth-order valence-corrected chi connectivity index (χ4v) is 2.24. The minimum absolute atomic E-state index is 0.119. The number of likely N-dealkylation sites (N-methyl/N-ethyl adjacent to an activating group) is 1. The lowest BCUT2D eigenvalue weighted by Crippen LogP contribution is -2.40. The number of rotatable bonds is 5. The Balaban J connectivity index is 2.39. The van der Waals surface area contributed by atoms with Gasteiger partial charge in [-0.15, -0.1) is 11.3 Å². The molecule has 0 aliphatic carbocycles. The van der Waals surface area contributed by atoms with Gasteiger partial charge in [-0.05, 0) is 27.8 Å². The Bertz CT molecular complexity index is 384. The molecule has 1 rings (SSSR count). The van der Waals surface area contributed by atoms with Gasteiger partial charge in [-0.25, -0.2) is 4.98 Å². The van der Waals surface area contributed by atoms with Gasteiger partial charge in [0.05, 0.1) is 17.8 Å². The van der Waals surface area contributed by atoms with Crippen molar-refractivity contribution in [2.75, 3.05) is 25.5 Å². The first-order valence-electron chi connectivity index (χ1n) is 5.39. The summed E-state index contributed by atoms with van der Waals surface area (Å²) in [6, 6.07) is 0. The summed E-state index contributed by atoms with van der Waals surface area (Å²) in [6.45, 7) is 5.99. The predicted octanol–water partition coefficient (Wildman–Crippen LogP) is 1.09. The molecule has 96 valence electrons. The van der Waals surface area contributed by atoms with E-state index in [0.29, 0.717) is 11.7 Å². The number of thiazole rings is 1. The van der Waals surface area contributed by atoms with Crippen LogP contribution in [0.25, 0.3) is 0 Å². The maximum atomic E-state index is 11.7. The van der Waals surface area contributed by atoms with Crippen LogP contribution in [0.15, 0.2) is 5.38 Å². The first kappa shape index (κ1) is 14.1. The van der Waals surface area contributed by atoms with Crippen molar-refractivity contribution < 1.29 is 9.90 Å². The lowest BCUT2D eigenvalue weighted by atomic mass is 10.1. The molecule has 2 N–H and O–H groups in total. The number of anilines is 1. The molecule has 0 bridgehead atoms. The van der Waals surface area contributed by atoms with Gasteiger partial charge in [0.1, 0.15) is 0 Å². The van der Waals surface area contributed by atoms with Crippen molar-refractivity contribution in [3.05, 3.63) is 11.1 Å². The lowest BCUT2D eigenvalue weighted by Gasteiger charge is -2.24. The van der Waals surface area contributed by atoms with Crippen molar-refractivity contribution in [1.82, 2.24) is 9.88 Å². The van der Waals surface area contributed by atoms with Crippen molar-refractivity contribution in [1.29, 1.82) is 0 Å². The minimum atomic E-state index is -0.799. The standard InChI is InChI=1S/C11H19N3O2S/c1-8-6-17-10(12-8)13-9(15)5-14(4)7-11(2,3)16/h6,16H,5,7H2,1-4H3,(H,12,13,15). The third kappa shape index (κ3) is 5.76. The summed E-state index contributed by atoms with van der Waals surface area (Å²) in [5, 5.41) is 14.8. The van der Waals surface area contributed by atoms with E-state index in [0.717, 1.165) is 5.69 Å². The maximum absolute atomic E-state index is 11.7. The van der Waals surface area contributed by atoms with Crippen LogP contribution in [-0.4, -0.2) is 46.6 Å². The number of aromatic nitrogens is 1. The molecule has 6 heteroatoms. The second-order valence-electron chi connectivity index (χ2n) is 4.83. The monoisotopic (exact) mass is 257 g/mol. The minimum Gasteiger partial charge on any atom is -0.389 e. The highest BCUT2D eigenvalue weighted by Crippen LogP contribution is 2.14. The normalized spacial score (nSPS) is 11.9. The molecule has 0 aliphatic rings. The average Bonchev–Trinajstić information content (AvgIpc) is 2.46. The Hall–Kier alpha value is -0.980. The zero-order valence-electron chi connectivity index (χ0n) is 10.6. The Labute approximate surface area is 105 Å². The van der Waals surface area contributed by atoms with Gasteiger partial charge in [0.2, 0.25) is 5.91 Å². The predicted molar refractivity (Wildman–Crippen MR) is 69.3 cm³/mol. The fraction of sp³-hybridized carbons (Fsp3) is 0.636. The molecule has 1 aromatic rings. The van der Waals surface area contributed by atoms with E-state index >= 15 is 0 Å². The maximum Gasteiger partial charge on any atom is 0.240 e. The number of carbonyl (C=O) groups is 1. The number of amides is 1. The van der Waals surface area contributed by atoms with Crippen molar-refractivity contribution in [2.45, 2.75) is 26.4 Å². The molecule has 0 saturated carbocycles. The SMILES string of the molecule is Cc1csc(NC(=O)CN(C)CC(C)(C)O)n1. The molecule has 0 fully saturated rings. The number of aliphatic hydroxyl groups is 1. The van der Waals surface area contributed by atoms with E-state index < -0.39 is 5.60 Å². The van der Waals surface area contributed by atoms with Crippen LogP contribution in [-0.2, 0) is 4.79 Å². The molecule has 1 amide bonds. The molecule has 0 saturated heterocycles. The smallest absolute Gasteiger partial charge is 0.240 e.